The molecule has 0 spiro atoms. The van der Waals surface area contributed by atoms with E-state index in [9.17, 15) is 0 Å². The van der Waals surface area contributed by atoms with Gasteiger partial charge < -0.3 is 4.57 Å². The Kier molecular flexibility index (Phi) is 12.5. The molecule has 0 atom stereocenters. The molecule has 450 valence electrons. The van der Waals surface area contributed by atoms with Gasteiger partial charge in [-0.15, -0.1) is 20.1 Å². The SMILES string of the molecule is c1ccc(S(c2ccccc2)(c2ccccc2)c2ccc3nc4n(-c5nc(-c6cccc(-n7c8ccccc8c8ccccc87)c6)nc(-n6c7ccccc7n7c8ccccc8nc67)n5)c5ccc(S(c6ccccc6)(c6ccccc6)c6ccccc6)cc5n4c3c2)cc1. The van der Waals surface area contributed by atoms with E-state index in [2.05, 4.69) is 356 Å². The van der Waals surface area contributed by atoms with Gasteiger partial charge in [-0.3, -0.25) is 8.80 Å². The largest absolute Gasteiger partial charge is 0.309 e. The van der Waals surface area contributed by atoms with Gasteiger partial charge in [0.05, 0.1) is 55.2 Å². The van der Waals surface area contributed by atoms with E-state index < -0.39 is 20.1 Å². The van der Waals surface area contributed by atoms with E-state index in [1.54, 1.807) is 0 Å². The fourth-order valence-electron chi connectivity index (χ4n) is 14.6. The molecule has 10 nitrogen and oxygen atoms in total. The van der Waals surface area contributed by atoms with Crippen LogP contribution in [0.15, 0.2) is 379 Å². The summed E-state index contributed by atoms with van der Waals surface area (Å²) in [4.78, 5) is 37.9. The summed E-state index contributed by atoms with van der Waals surface area (Å²) in [6.45, 7) is 0. The summed E-state index contributed by atoms with van der Waals surface area (Å²) in [6, 6.07) is 123. The molecule has 95 heavy (non-hydrogen) atoms. The number of nitrogens with zero attached hydrogens (tertiary/aromatic N) is 10. The second kappa shape index (κ2) is 21.8. The van der Waals surface area contributed by atoms with Gasteiger partial charge in [-0.05, 0) is 158 Å². The first-order valence-electron chi connectivity index (χ1n) is 31.8. The summed E-state index contributed by atoms with van der Waals surface area (Å²) in [6.07, 6.45) is 0. The van der Waals surface area contributed by atoms with E-state index in [1.807, 2.05) is 6.07 Å². The lowest BCUT2D eigenvalue weighted by Gasteiger charge is -2.42. The van der Waals surface area contributed by atoms with Gasteiger partial charge in [0.25, 0.3) is 0 Å². The molecule has 0 N–H and O–H groups in total. The van der Waals surface area contributed by atoms with Crippen molar-refractivity contribution in [3.63, 3.8) is 0 Å². The van der Waals surface area contributed by atoms with Gasteiger partial charge in [-0.2, -0.15) is 15.0 Å². The van der Waals surface area contributed by atoms with Crippen molar-refractivity contribution in [2.24, 2.45) is 0 Å². The Balaban J connectivity index is 0.941. The van der Waals surface area contributed by atoms with E-state index in [0.29, 0.717) is 29.3 Å². The smallest absolute Gasteiger partial charge is 0.242 e. The van der Waals surface area contributed by atoms with Crippen LogP contribution in [0.3, 0.4) is 0 Å². The highest BCUT2D eigenvalue weighted by Crippen LogP contribution is 2.75. The molecule has 6 aromatic heterocycles. The molecule has 19 aromatic rings. The number of imidazole rings is 4. The molecular formula is C83H56N10S2. The number of hydrogen-bond donors (Lipinski definition) is 0. The van der Waals surface area contributed by atoms with Crippen molar-refractivity contribution in [3.05, 3.63) is 340 Å². The predicted molar refractivity (Wildman–Crippen MR) is 386 cm³/mol. The Morgan fingerprint density at radius 3 is 1.09 bits per heavy atom. The van der Waals surface area contributed by atoms with Gasteiger partial charge in [-0.1, -0.05) is 182 Å². The monoisotopic (exact) mass is 1260 g/mol. The molecule has 13 aromatic carbocycles. The summed E-state index contributed by atoms with van der Waals surface area (Å²) in [5.74, 6) is 2.63. The zero-order valence-corrected chi connectivity index (χ0v) is 52.8. The highest BCUT2D eigenvalue weighted by molar-refractivity contribution is 8.34. The Labute approximate surface area is 549 Å². The lowest BCUT2D eigenvalue weighted by atomic mass is 10.2. The lowest BCUT2D eigenvalue weighted by molar-refractivity contribution is 0.877. The van der Waals surface area contributed by atoms with Gasteiger partial charge >= 0.3 is 0 Å². The molecule has 0 radical (unpaired) electrons. The fraction of sp³-hybridized carbons (Fsp3) is 0. The number of aromatic nitrogens is 10. The zero-order chi connectivity index (χ0) is 62.6. The van der Waals surface area contributed by atoms with E-state index in [4.69, 9.17) is 24.9 Å². The molecule has 0 aliphatic rings. The molecule has 0 saturated heterocycles. The summed E-state index contributed by atoms with van der Waals surface area (Å²) >= 11 is 0. The lowest BCUT2D eigenvalue weighted by Crippen LogP contribution is -2.11. The minimum atomic E-state index is -2.18. The average molecular weight is 1260 g/mol. The molecule has 0 fully saturated rings. The molecule has 0 bridgehead atoms. The second-order valence-corrected chi connectivity index (χ2v) is 29.9. The van der Waals surface area contributed by atoms with Crippen LogP contribution in [-0.4, -0.2) is 47.4 Å². The van der Waals surface area contributed by atoms with Crippen molar-refractivity contribution in [1.82, 2.24) is 47.4 Å². The predicted octanol–water partition coefficient (Wildman–Crippen LogP) is 20.8. The number of rotatable bonds is 12. The van der Waals surface area contributed by atoms with Crippen LogP contribution in [0.25, 0.3) is 106 Å². The second-order valence-electron chi connectivity index (χ2n) is 23.7. The van der Waals surface area contributed by atoms with E-state index in [0.717, 1.165) is 71.3 Å². The molecule has 12 heteroatoms. The average Bonchev–Trinajstić information content (AvgIpc) is 1.63. The fourth-order valence-corrected chi connectivity index (χ4v) is 22.4. The maximum absolute atomic E-state index is 5.78. The van der Waals surface area contributed by atoms with E-state index >= 15 is 0 Å². The van der Waals surface area contributed by atoms with Gasteiger partial charge in [0.15, 0.2) is 5.82 Å². The summed E-state index contributed by atoms with van der Waals surface area (Å²) < 4.78 is 11.2. The van der Waals surface area contributed by atoms with Crippen molar-refractivity contribution in [1.29, 1.82) is 0 Å². The molecule has 0 saturated carbocycles. The van der Waals surface area contributed by atoms with Crippen molar-refractivity contribution in [2.45, 2.75) is 39.2 Å². The van der Waals surface area contributed by atoms with Crippen LogP contribution in [0, 0.1) is 0 Å². The Morgan fingerprint density at radius 1 is 0.221 bits per heavy atom. The van der Waals surface area contributed by atoms with Crippen LogP contribution in [0.5, 0.6) is 0 Å². The first-order chi connectivity index (χ1) is 47.1. The van der Waals surface area contributed by atoms with Gasteiger partial charge in [0, 0.05) is 61.2 Å². The van der Waals surface area contributed by atoms with Crippen LogP contribution in [0.1, 0.15) is 0 Å². The Morgan fingerprint density at radius 2 is 0.600 bits per heavy atom. The molecule has 0 amide bonds. The normalized spacial score (nSPS) is 12.5. The van der Waals surface area contributed by atoms with Gasteiger partial charge in [0.1, 0.15) is 0 Å². The van der Waals surface area contributed by atoms with E-state index in [-0.39, 0.29) is 0 Å². The highest BCUT2D eigenvalue weighted by Gasteiger charge is 2.37. The van der Waals surface area contributed by atoms with E-state index in [1.165, 1.54) is 45.0 Å². The molecular weight excluding hydrogens is 1200 g/mol. The number of fused-ring (bicyclic) bond motifs is 13. The first-order valence-corrected chi connectivity index (χ1v) is 35.1. The summed E-state index contributed by atoms with van der Waals surface area (Å²) in [5.41, 5.74) is 11.3. The minimum Gasteiger partial charge on any atom is -0.309 e. The van der Waals surface area contributed by atoms with Crippen LogP contribution in [0.4, 0.5) is 0 Å². The minimum absolute atomic E-state index is 0.396. The topological polar surface area (TPSA) is 88.1 Å². The first kappa shape index (κ1) is 54.6. The van der Waals surface area contributed by atoms with Gasteiger partial charge in [0.2, 0.25) is 23.5 Å². The van der Waals surface area contributed by atoms with Gasteiger partial charge in [-0.25, -0.2) is 19.1 Å². The maximum atomic E-state index is 5.78. The maximum Gasteiger partial charge on any atom is 0.242 e. The van der Waals surface area contributed by atoms with Crippen molar-refractivity contribution < 1.29 is 0 Å². The van der Waals surface area contributed by atoms with Crippen LogP contribution in [-0.2, 0) is 0 Å². The van der Waals surface area contributed by atoms with Crippen LogP contribution in [0.2, 0.25) is 0 Å². The van der Waals surface area contributed by atoms with Crippen molar-refractivity contribution in [2.75, 3.05) is 0 Å². The van der Waals surface area contributed by atoms with Crippen LogP contribution >= 0.6 is 20.1 Å². The third kappa shape index (κ3) is 8.24. The quantitative estimate of drug-likeness (QED) is 0.122. The molecule has 0 unspecified atom stereocenters. The number of hydrogen-bond acceptors (Lipinski definition) is 5. The third-order valence-corrected chi connectivity index (χ3v) is 26.4. The molecule has 0 aliphatic heterocycles. The zero-order valence-electron chi connectivity index (χ0n) is 51.1. The highest BCUT2D eigenvalue weighted by atomic mass is 32.3. The standard InChI is InChI=1S/C83H56N10S2/c1-7-30-59(31-8-1)94(60-32-9-2-10-33-60,61-34-11-3-12-35-61)65-50-52-70-77(55-65)91-78-56-66(95(62-36-13-4-14-37-62,63-38-15-5-16-39-63)64-40-17-6-18-41-64)51-53-76(78)93(83(91)85-70)81-87-79(57-28-27-29-58(54-57)89-71-45-22-19-42-67(71)68-43-20-23-46-72(68)89)86-80(88-81)92-75-49-26-25-48-74(75)90-73-47-24-21-44-69(73)84-82(90)92/h1-56H. The number of para-hydroxylation sites is 6. The number of benzene rings is 13. The molecule has 0 aliphatic carbocycles. The Hall–Kier alpha value is -12.1. The third-order valence-electron chi connectivity index (χ3n) is 18.6. The molecule has 19 rings (SSSR count). The van der Waals surface area contributed by atoms with Crippen LogP contribution < -0.4 is 0 Å². The Bertz CT molecular complexity index is 5920. The summed E-state index contributed by atoms with van der Waals surface area (Å²) in [5, 5.41) is 2.37. The van der Waals surface area contributed by atoms with Crippen molar-refractivity contribution >= 4 is 97.6 Å². The molecule has 6 heterocycles. The summed E-state index contributed by atoms with van der Waals surface area (Å²) in [7, 11) is -4.31. The van der Waals surface area contributed by atoms with Crippen molar-refractivity contribution in [3.8, 4) is 29.0 Å².